The molecule has 0 aliphatic heterocycles. The van der Waals surface area contributed by atoms with Gasteiger partial charge in [0, 0.05) is 7.05 Å². The summed E-state index contributed by atoms with van der Waals surface area (Å²) in [6, 6.07) is 0. The van der Waals surface area contributed by atoms with Crippen molar-refractivity contribution in [3.63, 3.8) is 0 Å². The molecule has 5 nitrogen and oxygen atoms in total. The molecule has 0 heterocycles. The van der Waals surface area contributed by atoms with Gasteiger partial charge < -0.3 is 4.57 Å². The molecule has 2 unspecified atom stereocenters. The van der Waals surface area contributed by atoms with E-state index >= 15 is 0 Å². The quantitative estimate of drug-likeness (QED) is 0.441. The first-order valence-electron chi connectivity index (χ1n) is 4.94. The lowest BCUT2D eigenvalue weighted by Gasteiger charge is -2.29. The summed E-state index contributed by atoms with van der Waals surface area (Å²) >= 11 is 0. The summed E-state index contributed by atoms with van der Waals surface area (Å²) in [6.07, 6.45) is 0.613. The second-order valence-electron chi connectivity index (χ2n) is 3.95. The van der Waals surface area contributed by atoms with E-state index in [2.05, 4.69) is 0 Å². The first-order valence-corrected chi connectivity index (χ1v) is 7.35. The molecule has 15 heavy (non-hydrogen) atoms. The smallest absolute Gasteiger partial charge is 0.259 e. The lowest BCUT2D eigenvalue weighted by atomic mass is 10.5. The van der Waals surface area contributed by atoms with E-state index in [0.29, 0.717) is 11.2 Å². The van der Waals surface area contributed by atoms with E-state index < -0.39 is 13.0 Å². The Labute approximate surface area is 91.4 Å². The maximum absolute atomic E-state index is 12.0. The molecule has 1 N–H and O–H groups in total. The summed E-state index contributed by atoms with van der Waals surface area (Å²) in [7, 11) is 0.784. The van der Waals surface area contributed by atoms with Crippen LogP contribution in [0.5, 0.6) is 0 Å². The van der Waals surface area contributed by atoms with Gasteiger partial charge in [0.1, 0.15) is 7.14 Å². The minimum atomic E-state index is -2.23. The van der Waals surface area contributed by atoms with Crippen LogP contribution in [0.3, 0.4) is 0 Å². The van der Waals surface area contributed by atoms with Gasteiger partial charge in [-0.2, -0.15) is 0 Å². The van der Waals surface area contributed by atoms with E-state index in [0.717, 1.165) is 0 Å². The number of hydroxylamine groups is 2. The van der Waals surface area contributed by atoms with Crippen LogP contribution in [0.15, 0.2) is 0 Å². The van der Waals surface area contributed by atoms with Gasteiger partial charge in [-0.05, 0) is 26.8 Å². The monoisotopic (exact) mass is 236 g/mol. The van der Waals surface area contributed by atoms with Gasteiger partial charge in [-0.3, -0.25) is 14.9 Å². The first-order chi connectivity index (χ1) is 6.72. The molecule has 0 radical (unpaired) electrons. The van der Waals surface area contributed by atoms with Crippen LogP contribution >= 0.6 is 7.14 Å². The summed E-state index contributed by atoms with van der Waals surface area (Å²) < 4.78 is 12.0. The van der Waals surface area contributed by atoms with Gasteiger partial charge >= 0.3 is 0 Å². The highest BCUT2D eigenvalue weighted by Gasteiger charge is 2.27. The zero-order valence-corrected chi connectivity index (χ0v) is 11.0. The molecule has 0 saturated heterocycles. The van der Waals surface area contributed by atoms with Crippen LogP contribution in [-0.4, -0.2) is 60.3 Å². The van der Waals surface area contributed by atoms with E-state index in [9.17, 15) is 9.36 Å². The molecule has 1 amide bonds. The predicted octanol–water partition coefficient (Wildman–Crippen LogP) is 1.12. The third-order valence-corrected chi connectivity index (χ3v) is 6.03. The fourth-order valence-electron chi connectivity index (χ4n) is 1.13. The molecule has 0 aliphatic rings. The highest BCUT2D eigenvalue weighted by molar-refractivity contribution is 7.63. The average Bonchev–Trinajstić information content (AvgIpc) is 2.16. The van der Waals surface area contributed by atoms with Gasteiger partial charge in [0.15, 0.2) is 0 Å². The topological polar surface area (TPSA) is 60.9 Å². The molecule has 0 aliphatic carbocycles. The van der Waals surface area contributed by atoms with Crippen LogP contribution in [0.2, 0.25) is 0 Å². The van der Waals surface area contributed by atoms with Gasteiger partial charge in [0.2, 0.25) is 0 Å². The number of carbonyl (C=O) groups excluding carboxylic acids is 1. The standard InChI is InChI=1S/C9H21N2O3P/c1-6-15(5,14)8(2)10(3)7-9(12)11(4)13/h8,13H,6-7H2,1-5H3. The van der Waals surface area contributed by atoms with E-state index in [1.54, 1.807) is 18.6 Å². The summed E-state index contributed by atoms with van der Waals surface area (Å²) in [4.78, 5) is 12.9. The highest BCUT2D eigenvalue weighted by atomic mass is 31.2. The normalized spacial score (nSPS) is 17.3. The molecule has 0 rings (SSSR count). The number of hydrogen-bond acceptors (Lipinski definition) is 4. The van der Waals surface area contributed by atoms with Crippen LogP contribution in [-0.2, 0) is 9.36 Å². The van der Waals surface area contributed by atoms with Crippen molar-refractivity contribution in [2.45, 2.75) is 19.6 Å². The largest absolute Gasteiger partial charge is 0.322 e. The van der Waals surface area contributed by atoms with Crippen molar-refractivity contribution in [1.29, 1.82) is 0 Å². The summed E-state index contributed by atoms with van der Waals surface area (Å²) in [5.41, 5.74) is 0. The Kier molecular flexibility index (Phi) is 5.49. The predicted molar refractivity (Wildman–Crippen MR) is 60.7 cm³/mol. The van der Waals surface area contributed by atoms with E-state index in [1.807, 2.05) is 13.8 Å². The third-order valence-electron chi connectivity index (χ3n) is 2.80. The first kappa shape index (κ1) is 14.6. The fourth-order valence-corrected chi connectivity index (χ4v) is 2.57. The molecule has 0 bridgehead atoms. The molecule has 90 valence electrons. The Bertz CT molecular complexity index is 268. The second-order valence-corrected chi connectivity index (χ2v) is 7.68. The van der Waals surface area contributed by atoms with Crippen molar-refractivity contribution in [3.05, 3.63) is 0 Å². The van der Waals surface area contributed by atoms with Crippen molar-refractivity contribution in [2.75, 3.05) is 33.5 Å². The molecule has 0 spiro atoms. The lowest BCUT2D eigenvalue weighted by molar-refractivity contribution is -0.160. The van der Waals surface area contributed by atoms with Gasteiger partial charge in [-0.15, -0.1) is 0 Å². The summed E-state index contributed by atoms with van der Waals surface area (Å²) in [6.45, 7) is 5.54. The van der Waals surface area contributed by atoms with E-state index in [-0.39, 0.29) is 12.3 Å². The van der Waals surface area contributed by atoms with Gasteiger partial charge in [0.05, 0.1) is 12.3 Å². The molecular formula is C9H21N2O3P. The Hall–Kier alpha value is -0.380. The summed E-state index contributed by atoms with van der Waals surface area (Å²) in [5, 5.41) is 9.45. The molecule has 6 heteroatoms. The minimum Gasteiger partial charge on any atom is -0.322 e. The average molecular weight is 236 g/mol. The molecule has 0 aromatic carbocycles. The highest BCUT2D eigenvalue weighted by Crippen LogP contribution is 2.46. The Morgan fingerprint density at radius 2 is 1.93 bits per heavy atom. The maximum Gasteiger partial charge on any atom is 0.259 e. The molecule has 0 saturated carbocycles. The van der Waals surface area contributed by atoms with Crippen LogP contribution < -0.4 is 0 Å². The van der Waals surface area contributed by atoms with Crippen LogP contribution in [0, 0.1) is 0 Å². The molecule has 0 aromatic rings. The zero-order valence-electron chi connectivity index (χ0n) is 10.1. The van der Waals surface area contributed by atoms with Crippen molar-refractivity contribution < 1.29 is 14.6 Å². The Balaban J connectivity index is 4.40. The van der Waals surface area contributed by atoms with Gasteiger partial charge in [0.25, 0.3) is 5.91 Å². The molecule has 2 atom stereocenters. The van der Waals surface area contributed by atoms with Crippen LogP contribution in [0.25, 0.3) is 0 Å². The third kappa shape index (κ3) is 4.33. The Morgan fingerprint density at radius 1 is 1.47 bits per heavy atom. The van der Waals surface area contributed by atoms with Gasteiger partial charge in [-0.25, -0.2) is 5.06 Å². The Morgan fingerprint density at radius 3 is 2.27 bits per heavy atom. The van der Waals surface area contributed by atoms with E-state index in [4.69, 9.17) is 5.21 Å². The molecular weight excluding hydrogens is 215 g/mol. The van der Waals surface area contributed by atoms with Crippen molar-refractivity contribution in [2.24, 2.45) is 0 Å². The van der Waals surface area contributed by atoms with Crippen molar-refractivity contribution in [3.8, 4) is 0 Å². The number of likely N-dealkylation sites (N-methyl/N-ethyl adjacent to an activating group) is 2. The SMILES string of the molecule is CCP(C)(=O)C(C)N(C)CC(=O)N(C)O. The van der Waals surface area contributed by atoms with Crippen molar-refractivity contribution in [1.82, 2.24) is 9.96 Å². The van der Waals surface area contributed by atoms with Crippen molar-refractivity contribution >= 4 is 13.0 Å². The number of rotatable bonds is 5. The number of amides is 1. The summed E-state index contributed by atoms with van der Waals surface area (Å²) in [5.74, 6) is -0.549. The maximum atomic E-state index is 12.0. The van der Waals surface area contributed by atoms with Crippen LogP contribution in [0.4, 0.5) is 0 Å². The number of carbonyl (C=O) groups is 1. The number of hydrogen-bond donors (Lipinski definition) is 1. The van der Waals surface area contributed by atoms with Gasteiger partial charge in [-0.1, -0.05) is 6.92 Å². The molecule has 0 aromatic heterocycles. The minimum absolute atomic E-state index is 0.0754. The van der Waals surface area contributed by atoms with E-state index in [1.165, 1.54) is 7.05 Å². The van der Waals surface area contributed by atoms with Crippen LogP contribution in [0.1, 0.15) is 13.8 Å². The zero-order chi connectivity index (χ0) is 12.2. The number of nitrogens with zero attached hydrogens (tertiary/aromatic N) is 2. The second kappa shape index (κ2) is 5.64. The fraction of sp³-hybridized carbons (Fsp3) is 0.889. The lowest BCUT2D eigenvalue weighted by Crippen LogP contribution is -2.39. The molecule has 0 fully saturated rings.